The summed E-state index contributed by atoms with van der Waals surface area (Å²) in [4.78, 5) is 21.0. The van der Waals surface area contributed by atoms with Gasteiger partial charge in [0.2, 0.25) is 0 Å². The number of aromatic nitrogens is 2. The standard InChI is InChI=1S/C18H19ClN4O2S/c1-12-15(6-4-13-5-7-16(19)21-10-13)26-18(22-12)23-17(24)20-8-9-25-11-14-2-3-14/h5,7,10,14H,2-3,8-9,11H2,1H3,(H2,20,22,23,24). The van der Waals surface area contributed by atoms with E-state index in [9.17, 15) is 4.79 Å². The predicted molar refractivity (Wildman–Crippen MR) is 103 cm³/mol. The number of rotatable bonds is 6. The van der Waals surface area contributed by atoms with Crippen LogP contribution in [0.1, 0.15) is 29.0 Å². The van der Waals surface area contributed by atoms with Crippen molar-refractivity contribution in [3.63, 3.8) is 0 Å². The number of halogens is 1. The van der Waals surface area contributed by atoms with E-state index in [0.717, 1.165) is 28.7 Å². The zero-order chi connectivity index (χ0) is 18.4. The van der Waals surface area contributed by atoms with Crippen LogP contribution in [0.5, 0.6) is 0 Å². The maximum absolute atomic E-state index is 11.9. The number of carbonyl (C=O) groups excluding carboxylic acids is 1. The molecule has 26 heavy (non-hydrogen) atoms. The second kappa shape index (κ2) is 8.99. The number of anilines is 1. The Morgan fingerprint density at radius 1 is 1.42 bits per heavy atom. The molecule has 0 aliphatic heterocycles. The van der Waals surface area contributed by atoms with Crippen LogP contribution >= 0.6 is 22.9 Å². The van der Waals surface area contributed by atoms with E-state index in [4.69, 9.17) is 16.3 Å². The summed E-state index contributed by atoms with van der Waals surface area (Å²) in [5.41, 5.74) is 1.54. The Hall–Kier alpha value is -2.14. The van der Waals surface area contributed by atoms with Crippen LogP contribution < -0.4 is 10.6 Å². The summed E-state index contributed by atoms with van der Waals surface area (Å²) in [6.45, 7) is 3.64. The van der Waals surface area contributed by atoms with Gasteiger partial charge in [-0.05, 0) is 43.7 Å². The maximum atomic E-state index is 11.9. The lowest BCUT2D eigenvalue weighted by molar-refractivity contribution is 0.127. The van der Waals surface area contributed by atoms with Crippen LogP contribution in [-0.2, 0) is 4.74 Å². The minimum atomic E-state index is -0.296. The molecule has 3 rings (SSSR count). The molecule has 2 heterocycles. The maximum Gasteiger partial charge on any atom is 0.321 e. The highest BCUT2D eigenvalue weighted by Crippen LogP contribution is 2.28. The highest BCUT2D eigenvalue weighted by Gasteiger charge is 2.20. The van der Waals surface area contributed by atoms with Gasteiger partial charge in [0.15, 0.2) is 5.13 Å². The molecule has 0 saturated heterocycles. The number of aryl methyl sites for hydroxylation is 1. The summed E-state index contributed by atoms with van der Waals surface area (Å²) in [5, 5.41) is 6.42. The Labute approximate surface area is 161 Å². The smallest absolute Gasteiger partial charge is 0.321 e. The van der Waals surface area contributed by atoms with Gasteiger partial charge in [-0.1, -0.05) is 28.9 Å². The fourth-order valence-electron chi connectivity index (χ4n) is 2.06. The molecule has 1 aliphatic rings. The van der Waals surface area contributed by atoms with Gasteiger partial charge < -0.3 is 10.1 Å². The van der Waals surface area contributed by atoms with Crippen molar-refractivity contribution in [3.05, 3.63) is 39.6 Å². The third-order valence-electron chi connectivity index (χ3n) is 3.65. The van der Waals surface area contributed by atoms with Gasteiger partial charge in [-0.15, -0.1) is 0 Å². The monoisotopic (exact) mass is 390 g/mol. The van der Waals surface area contributed by atoms with E-state index in [-0.39, 0.29) is 6.03 Å². The molecule has 2 aromatic rings. The highest BCUT2D eigenvalue weighted by atomic mass is 35.5. The molecule has 6 nitrogen and oxygen atoms in total. The van der Waals surface area contributed by atoms with Crippen molar-refractivity contribution < 1.29 is 9.53 Å². The van der Waals surface area contributed by atoms with Gasteiger partial charge in [-0.2, -0.15) is 0 Å². The van der Waals surface area contributed by atoms with Gasteiger partial charge >= 0.3 is 6.03 Å². The Morgan fingerprint density at radius 3 is 3.00 bits per heavy atom. The molecular formula is C18H19ClN4O2S. The number of urea groups is 1. The number of amides is 2. The van der Waals surface area contributed by atoms with E-state index >= 15 is 0 Å². The molecule has 0 aromatic carbocycles. The quantitative estimate of drug-likeness (QED) is 0.450. The molecule has 0 unspecified atom stereocenters. The van der Waals surface area contributed by atoms with E-state index in [1.165, 1.54) is 24.2 Å². The van der Waals surface area contributed by atoms with Crippen molar-refractivity contribution in [2.45, 2.75) is 19.8 Å². The second-order valence-corrected chi connectivity index (χ2v) is 7.34. The minimum Gasteiger partial charge on any atom is -0.379 e. The second-order valence-electron chi connectivity index (χ2n) is 5.95. The van der Waals surface area contributed by atoms with Gasteiger partial charge in [0.1, 0.15) is 10.0 Å². The average molecular weight is 391 g/mol. The van der Waals surface area contributed by atoms with Crippen LogP contribution in [-0.4, -0.2) is 35.8 Å². The van der Waals surface area contributed by atoms with Gasteiger partial charge in [-0.25, -0.2) is 14.8 Å². The first kappa shape index (κ1) is 18.6. The van der Waals surface area contributed by atoms with Crippen LogP contribution in [0.25, 0.3) is 0 Å². The van der Waals surface area contributed by atoms with Crippen molar-refractivity contribution >= 4 is 34.1 Å². The number of thiazole rings is 1. The van der Waals surface area contributed by atoms with E-state index in [1.807, 2.05) is 6.92 Å². The Bertz CT molecular complexity index is 822. The molecule has 136 valence electrons. The lowest BCUT2D eigenvalue weighted by Gasteiger charge is -2.05. The molecule has 1 fully saturated rings. The number of nitrogens with one attached hydrogen (secondary N) is 2. The minimum absolute atomic E-state index is 0.296. The third-order valence-corrected chi connectivity index (χ3v) is 4.86. The zero-order valence-electron chi connectivity index (χ0n) is 14.3. The summed E-state index contributed by atoms with van der Waals surface area (Å²) in [5.74, 6) is 6.79. The molecular weight excluding hydrogens is 372 g/mol. The number of nitrogens with zero attached hydrogens (tertiary/aromatic N) is 2. The average Bonchev–Trinajstić information content (AvgIpc) is 3.37. The predicted octanol–water partition coefficient (Wildman–Crippen LogP) is 3.45. The lowest BCUT2D eigenvalue weighted by atomic mass is 10.3. The highest BCUT2D eigenvalue weighted by molar-refractivity contribution is 7.16. The summed E-state index contributed by atoms with van der Waals surface area (Å²) >= 11 is 7.09. The van der Waals surface area contributed by atoms with Crippen LogP contribution in [0.2, 0.25) is 5.15 Å². The number of ether oxygens (including phenoxy) is 1. The van der Waals surface area contributed by atoms with Crippen LogP contribution in [0.15, 0.2) is 18.3 Å². The normalized spacial score (nSPS) is 13.0. The van der Waals surface area contributed by atoms with Gasteiger partial charge in [-0.3, -0.25) is 5.32 Å². The summed E-state index contributed by atoms with van der Waals surface area (Å²) in [6, 6.07) is 3.20. The van der Waals surface area contributed by atoms with Crippen molar-refractivity contribution in [3.8, 4) is 11.8 Å². The Kier molecular flexibility index (Phi) is 6.45. The molecule has 0 bridgehead atoms. The van der Waals surface area contributed by atoms with Crippen molar-refractivity contribution in [2.24, 2.45) is 5.92 Å². The summed E-state index contributed by atoms with van der Waals surface area (Å²) in [7, 11) is 0. The van der Waals surface area contributed by atoms with Gasteiger partial charge in [0.25, 0.3) is 0 Å². The van der Waals surface area contributed by atoms with Crippen molar-refractivity contribution in [2.75, 3.05) is 25.1 Å². The number of hydrogen-bond donors (Lipinski definition) is 2. The molecule has 2 aromatic heterocycles. The summed E-state index contributed by atoms with van der Waals surface area (Å²) in [6.07, 6.45) is 4.14. The summed E-state index contributed by atoms with van der Waals surface area (Å²) < 4.78 is 5.48. The van der Waals surface area contributed by atoms with E-state index in [0.29, 0.717) is 23.4 Å². The molecule has 2 N–H and O–H groups in total. The van der Waals surface area contributed by atoms with Gasteiger partial charge in [0, 0.05) is 24.9 Å². The zero-order valence-corrected chi connectivity index (χ0v) is 15.9. The molecule has 0 radical (unpaired) electrons. The van der Waals surface area contributed by atoms with E-state index in [1.54, 1.807) is 18.3 Å². The first-order valence-electron chi connectivity index (χ1n) is 8.34. The van der Waals surface area contributed by atoms with Crippen LogP contribution in [0, 0.1) is 24.7 Å². The van der Waals surface area contributed by atoms with E-state index < -0.39 is 0 Å². The van der Waals surface area contributed by atoms with Gasteiger partial charge in [0.05, 0.1) is 12.3 Å². The first-order valence-corrected chi connectivity index (χ1v) is 9.53. The van der Waals surface area contributed by atoms with E-state index in [2.05, 4.69) is 32.4 Å². The fourth-order valence-corrected chi connectivity index (χ4v) is 2.98. The van der Waals surface area contributed by atoms with Crippen LogP contribution in [0.3, 0.4) is 0 Å². The molecule has 1 saturated carbocycles. The third kappa shape index (κ3) is 5.99. The number of carbonyl (C=O) groups is 1. The largest absolute Gasteiger partial charge is 0.379 e. The topological polar surface area (TPSA) is 76.1 Å². The fraction of sp³-hybridized carbons (Fsp3) is 0.389. The number of pyridine rings is 1. The first-order chi connectivity index (χ1) is 12.6. The lowest BCUT2D eigenvalue weighted by Crippen LogP contribution is -2.31. The molecule has 0 spiro atoms. The van der Waals surface area contributed by atoms with Crippen molar-refractivity contribution in [1.82, 2.24) is 15.3 Å². The Morgan fingerprint density at radius 2 is 2.27 bits per heavy atom. The number of hydrogen-bond acceptors (Lipinski definition) is 5. The molecule has 1 aliphatic carbocycles. The SMILES string of the molecule is Cc1nc(NC(=O)NCCOCC2CC2)sc1C#Cc1ccc(Cl)nc1. The molecule has 2 amide bonds. The van der Waals surface area contributed by atoms with Crippen molar-refractivity contribution in [1.29, 1.82) is 0 Å². The molecule has 0 atom stereocenters. The Balaban J connectivity index is 1.47. The molecule has 8 heteroatoms. The van der Waals surface area contributed by atoms with Crippen LogP contribution in [0.4, 0.5) is 9.93 Å².